The first-order valence-corrected chi connectivity index (χ1v) is 9.26. The molecule has 0 spiro atoms. The summed E-state index contributed by atoms with van der Waals surface area (Å²) in [5.41, 5.74) is 0.373. The first-order chi connectivity index (χ1) is 13.5. The number of benzene rings is 2. The third-order valence-corrected chi connectivity index (χ3v) is 5.32. The van der Waals surface area contributed by atoms with Gasteiger partial charge in [-0.25, -0.2) is 0 Å². The Hall–Kier alpha value is -3.00. The van der Waals surface area contributed by atoms with Crippen molar-refractivity contribution in [2.24, 2.45) is 5.92 Å². The zero-order chi connectivity index (χ0) is 19.9. The minimum atomic E-state index is -1.04. The van der Waals surface area contributed by atoms with Crippen LogP contribution in [0, 0.1) is 5.92 Å². The number of nitrogens with one attached hydrogen (secondary N) is 3. The maximum absolute atomic E-state index is 13.3. The molecule has 1 fully saturated rings. The Morgan fingerprint density at radius 3 is 2.61 bits per heavy atom. The number of ether oxygens (including phenoxy) is 3. The molecule has 2 heterocycles. The van der Waals surface area contributed by atoms with Gasteiger partial charge in [-0.15, -0.1) is 0 Å². The summed E-state index contributed by atoms with van der Waals surface area (Å²) in [5, 5.41) is 9.72. The Labute approximate surface area is 168 Å². The predicted octanol–water partition coefficient (Wildman–Crippen LogP) is 2.59. The summed E-state index contributed by atoms with van der Waals surface area (Å²) < 4.78 is 17.0. The van der Waals surface area contributed by atoms with Gasteiger partial charge in [-0.05, 0) is 37.3 Å². The molecule has 1 saturated heterocycles. The molecule has 4 rings (SSSR count). The molecule has 7 nitrogen and oxygen atoms in total. The molecule has 2 aromatic carbocycles. The first kappa shape index (κ1) is 18.4. The lowest BCUT2D eigenvalue weighted by atomic mass is 9.79. The average molecular weight is 399 g/mol. The lowest BCUT2D eigenvalue weighted by molar-refractivity contribution is -0.132. The molecule has 0 radical (unpaired) electrons. The van der Waals surface area contributed by atoms with Gasteiger partial charge < -0.3 is 30.2 Å². The maximum atomic E-state index is 13.3. The van der Waals surface area contributed by atoms with Gasteiger partial charge in [-0.2, -0.15) is 0 Å². The van der Waals surface area contributed by atoms with Crippen LogP contribution in [-0.2, 0) is 4.79 Å². The zero-order valence-corrected chi connectivity index (χ0v) is 16.6. The second kappa shape index (κ2) is 6.87. The van der Waals surface area contributed by atoms with E-state index in [1.807, 2.05) is 37.3 Å². The van der Waals surface area contributed by atoms with Crippen molar-refractivity contribution in [3.63, 3.8) is 0 Å². The van der Waals surface area contributed by atoms with E-state index < -0.39 is 11.6 Å². The quantitative estimate of drug-likeness (QED) is 0.682. The minimum absolute atomic E-state index is 0.215. The van der Waals surface area contributed by atoms with Crippen LogP contribution in [0.25, 0.3) is 0 Å². The number of carbonyl (C=O) groups is 1. The number of methoxy groups -OCH3 is 2. The Morgan fingerprint density at radius 2 is 1.86 bits per heavy atom. The number of hydrogen-bond acceptors (Lipinski definition) is 5. The van der Waals surface area contributed by atoms with Crippen LogP contribution in [-0.4, -0.2) is 31.0 Å². The van der Waals surface area contributed by atoms with Crippen LogP contribution < -0.4 is 30.2 Å². The molecule has 0 aromatic heterocycles. The van der Waals surface area contributed by atoms with Crippen LogP contribution >= 0.6 is 12.2 Å². The van der Waals surface area contributed by atoms with Crippen LogP contribution in [0.1, 0.15) is 18.5 Å². The maximum Gasteiger partial charge on any atom is 0.236 e. The van der Waals surface area contributed by atoms with Crippen molar-refractivity contribution in [2.75, 3.05) is 19.5 Å². The fourth-order valence-corrected chi connectivity index (χ4v) is 4.18. The second-order valence-electron chi connectivity index (χ2n) is 6.83. The lowest BCUT2D eigenvalue weighted by Gasteiger charge is -2.50. The van der Waals surface area contributed by atoms with Gasteiger partial charge in [0.1, 0.15) is 11.7 Å². The number of thiocarbonyl (C=S) groups is 1. The molecular formula is C20H21N3O4S. The van der Waals surface area contributed by atoms with Gasteiger partial charge in [0.05, 0.1) is 25.9 Å². The van der Waals surface area contributed by atoms with Gasteiger partial charge in [-0.1, -0.05) is 24.3 Å². The van der Waals surface area contributed by atoms with Crippen LogP contribution in [0.15, 0.2) is 42.5 Å². The Kier molecular flexibility index (Phi) is 4.50. The number of anilines is 1. The summed E-state index contributed by atoms with van der Waals surface area (Å²) >= 11 is 5.35. The normalized spacial score (nSPS) is 24.8. The molecule has 3 atom stereocenters. The molecule has 3 N–H and O–H groups in total. The fraction of sp³-hybridized carbons (Fsp3) is 0.300. The van der Waals surface area contributed by atoms with Crippen molar-refractivity contribution in [3.8, 4) is 17.2 Å². The number of fused-ring (bicyclic) bond motifs is 4. The van der Waals surface area contributed by atoms with Gasteiger partial charge in [0.15, 0.2) is 22.3 Å². The lowest BCUT2D eigenvalue weighted by Crippen LogP contribution is -2.70. The molecule has 8 heteroatoms. The van der Waals surface area contributed by atoms with E-state index in [1.165, 1.54) is 0 Å². The molecule has 2 bridgehead atoms. The Balaban J connectivity index is 1.74. The summed E-state index contributed by atoms with van der Waals surface area (Å²) in [6, 6.07) is 12.5. The summed E-state index contributed by atoms with van der Waals surface area (Å²) in [6.45, 7) is 1.81. The molecule has 2 aliphatic rings. The number of rotatable bonds is 4. The predicted molar refractivity (Wildman–Crippen MR) is 109 cm³/mol. The van der Waals surface area contributed by atoms with Crippen molar-refractivity contribution in [1.82, 2.24) is 10.6 Å². The van der Waals surface area contributed by atoms with Gasteiger partial charge in [0.25, 0.3) is 0 Å². The van der Waals surface area contributed by atoms with E-state index in [-0.39, 0.29) is 11.9 Å². The first-order valence-electron chi connectivity index (χ1n) is 8.85. The molecule has 28 heavy (non-hydrogen) atoms. The highest BCUT2D eigenvalue weighted by Crippen LogP contribution is 2.49. The summed E-state index contributed by atoms with van der Waals surface area (Å²) in [6.07, 6.45) is 0. The highest BCUT2D eigenvalue weighted by molar-refractivity contribution is 7.80. The Morgan fingerprint density at radius 1 is 1.14 bits per heavy atom. The van der Waals surface area contributed by atoms with Crippen LogP contribution in [0.3, 0.4) is 0 Å². The largest absolute Gasteiger partial charge is 0.495 e. The number of para-hydroxylation sites is 3. The van der Waals surface area contributed by atoms with Gasteiger partial charge in [0.2, 0.25) is 5.91 Å². The summed E-state index contributed by atoms with van der Waals surface area (Å²) in [7, 11) is 3.15. The Bertz CT molecular complexity index is 951. The monoisotopic (exact) mass is 399 g/mol. The van der Waals surface area contributed by atoms with Crippen LogP contribution in [0.5, 0.6) is 17.2 Å². The van der Waals surface area contributed by atoms with E-state index in [9.17, 15) is 4.79 Å². The second-order valence-corrected chi connectivity index (χ2v) is 7.24. The molecule has 2 aliphatic heterocycles. The molecule has 0 saturated carbocycles. The van der Waals surface area contributed by atoms with Gasteiger partial charge in [-0.3, -0.25) is 4.79 Å². The standard InChI is InChI=1S/C20H21N3O4S/c1-20-15(18(24)21-12-8-4-5-9-13(12)25-2)16(22-19(28)23-20)11-7-6-10-14(26-3)17(11)27-20/h4-10,15-16H,1-3H3,(H,21,24)(H2,22,23,28). The fourth-order valence-electron chi connectivity index (χ4n) is 3.85. The van der Waals surface area contributed by atoms with E-state index in [0.29, 0.717) is 28.0 Å². The smallest absolute Gasteiger partial charge is 0.236 e. The van der Waals surface area contributed by atoms with E-state index >= 15 is 0 Å². The molecular weight excluding hydrogens is 378 g/mol. The van der Waals surface area contributed by atoms with E-state index in [0.717, 1.165) is 5.56 Å². The van der Waals surface area contributed by atoms with E-state index in [4.69, 9.17) is 26.4 Å². The van der Waals surface area contributed by atoms with Crippen molar-refractivity contribution in [1.29, 1.82) is 0 Å². The van der Waals surface area contributed by atoms with Crippen molar-refractivity contribution in [2.45, 2.75) is 18.7 Å². The molecule has 0 aliphatic carbocycles. The van der Waals surface area contributed by atoms with Crippen molar-refractivity contribution >= 4 is 28.9 Å². The van der Waals surface area contributed by atoms with E-state index in [1.54, 1.807) is 26.4 Å². The SMILES string of the molecule is COc1ccccc1NC(=O)C1C2NC(=S)NC1(C)Oc1c(OC)cccc12. The van der Waals surface area contributed by atoms with Crippen molar-refractivity contribution in [3.05, 3.63) is 48.0 Å². The number of amides is 1. The topological polar surface area (TPSA) is 80.9 Å². The molecule has 146 valence electrons. The summed E-state index contributed by atoms with van der Waals surface area (Å²) in [4.78, 5) is 13.3. The number of hydrogen-bond donors (Lipinski definition) is 3. The molecule has 1 amide bonds. The highest BCUT2D eigenvalue weighted by atomic mass is 32.1. The summed E-state index contributed by atoms with van der Waals surface area (Å²) in [5.74, 6) is 0.980. The van der Waals surface area contributed by atoms with Crippen LogP contribution in [0.2, 0.25) is 0 Å². The molecule has 3 unspecified atom stereocenters. The third kappa shape index (κ3) is 2.90. The highest BCUT2D eigenvalue weighted by Gasteiger charge is 2.55. The average Bonchev–Trinajstić information content (AvgIpc) is 2.66. The molecule has 2 aromatic rings. The van der Waals surface area contributed by atoms with Crippen LogP contribution in [0.4, 0.5) is 5.69 Å². The minimum Gasteiger partial charge on any atom is -0.495 e. The van der Waals surface area contributed by atoms with Gasteiger partial charge >= 0.3 is 0 Å². The van der Waals surface area contributed by atoms with Crippen molar-refractivity contribution < 1.29 is 19.0 Å². The number of carbonyl (C=O) groups excluding carboxylic acids is 1. The van der Waals surface area contributed by atoms with E-state index in [2.05, 4.69) is 16.0 Å². The zero-order valence-electron chi connectivity index (χ0n) is 15.7. The third-order valence-electron chi connectivity index (χ3n) is 5.10. The van der Waals surface area contributed by atoms with Gasteiger partial charge in [0, 0.05) is 5.56 Å².